The zero-order valence-electron chi connectivity index (χ0n) is 11.9. The average Bonchev–Trinajstić information content (AvgIpc) is 3.15. The lowest BCUT2D eigenvalue weighted by Crippen LogP contribution is -2.35. The van der Waals surface area contributed by atoms with Gasteiger partial charge in [-0.3, -0.25) is 0 Å². The van der Waals surface area contributed by atoms with E-state index in [0.717, 1.165) is 6.54 Å². The maximum absolute atomic E-state index is 13.8. The molecule has 1 aromatic heterocycles. The first-order chi connectivity index (χ1) is 10.2. The zero-order chi connectivity index (χ0) is 14.7. The molecule has 2 nitrogen and oxygen atoms in total. The van der Waals surface area contributed by atoms with Gasteiger partial charge < -0.3 is 10.4 Å². The van der Waals surface area contributed by atoms with Crippen LogP contribution in [-0.4, -0.2) is 11.7 Å². The molecule has 0 atom stereocenters. The highest BCUT2D eigenvalue weighted by atomic mass is 32.1. The van der Waals surface area contributed by atoms with Crippen molar-refractivity contribution < 1.29 is 9.50 Å². The Bertz CT molecular complexity index is 591. The minimum Gasteiger partial charge on any atom is -0.505 e. The van der Waals surface area contributed by atoms with E-state index in [1.807, 2.05) is 11.3 Å². The van der Waals surface area contributed by atoms with Crippen LogP contribution in [0, 0.1) is 5.82 Å². The summed E-state index contributed by atoms with van der Waals surface area (Å²) in [4.78, 5) is 1.43. The molecule has 0 radical (unpaired) electrons. The van der Waals surface area contributed by atoms with Gasteiger partial charge in [0.15, 0.2) is 11.6 Å². The summed E-state index contributed by atoms with van der Waals surface area (Å²) in [5.41, 5.74) is 0.732. The third-order valence-corrected chi connectivity index (χ3v) is 5.56. The van der Waals surface area contributed by atoms with Crippen LogP contribution in [0.25, 0.3) is 0 Å². The molecule has 0 unspecified atom stereocenters. The Morgan fingerprint density at radius 2 is 2.00 bits per heavy atom. The second-order valence-electron chi connectivity index (χ2n) is 5.82. The van der Waals surface area contributed by atoms with E-state index in [9.17, 15) is 9.50 Å². The molecular formula is C17H20FNOS. The molecule has 3 rings (SSSR count). The Morgan fingerprint density at radius 3 is 2.71 bits per heavy atom. The Kier molecular flexibility index (Phi) is 4.27. The quantitative estimate of drug-likeness (QED) is 0.868. The van der Waals surface area contributed by atoms with E-state index in [1.165, 1.54) is 36.6 Å². The van der Waals surface area contributed by atoms with Gasteiger partial charge in [0.25, 0.3) is 0 Å². The highest BCUT2D eigenvalue weighted by Crippen LogP contribution is 2.42. The van der Waals surface area contributed by atoms with Crippen molar-refractivity contribution in [1.82, 2.24) is 5.32 Å². The van der Waals surface area contributed by atoms with Gasteiger partial charge in [-0.05, 0) is 30.4 Å². The lowest BCUT2D eigenvalue weighted by Gasteiger charge is -2.28. The molecule has 1 aromatic carbocycles. The van der Waals surface area contributed by atoms with Gasteiger partial charge in [0.2, 0.25) is 0 Å². The summed E-state index contributed by atoms with van der Waals surface area (Å²) in [7, 11) is 0. The maximum Gasteiger partial charge on any atom is 0.169 e. The number of aromatic hydroxyl groups is 1. The Balaban J connectivity index is 1.67. The number of nitrogens with one attached hydrogen (secondary N) is 1. The second kappa shape index (κ2) is 6.16. The molecule has 2 aromatic rings. The van der Waals surface area contributed by atoms with Crippen molar-refractivity contribution in [3.05, 3.63) is 52.0 Å². The first-order valence-electron chi connectivity index (χ1n) is 7.42. The van der Waals surface area contributed by atoms with Gasteiger partial charge in [-0.2, -0.15) is 0 Å². The summed E-state index contributed by atoms with van der Waals surface area (Å²) >= 11 is 1.82. The smallest absolute Gasteiger partial charge is 0.169 e. The van der Waals surface area contributed by atoms with Crippen molar-refractivity contribution in [3.63, 3.8) is 0 Å². The molecular weight excluding hydrogens is 285 g/mol. The zero-order valence-corrected chi connectivity index (χ0v) is 12.8. The summed E-state index contributed by atoms with van der Waals surface area (Å²) in [6, 6.07) is 9.10. The first kappa shape index (κ1) is 14.5. The van der Waals surface area contributed by atoms with Crippen molar-refractivity contribution in [2.45, 2.75) is 37.6 Å². The number of phenolic OH excluding ortho intramolecular Hbond substituents is 1. The monoisotopic (exact) mass is 305 g/mol. The van der Waals surface area contributed by atoms with Crippen LogP contribution < -0.4 is 5.32 Å². The van der Waals surface area contributed by atoms with Gasteiger partial charge >= 0.3 is 0 Å². The first-order valence-corrected chi connectivity index (χ1v) is 8.30. The number of benzene rings is 1. The van der Waals surface area contributed by atoms with Crippen molar-refractivity contribution >= 4 is 11.3 Å². The summed E-state index contributed by atoms with van der Waals surface area (Å²) in [5, 5.41) is 14.9. The third-order valence-electron chi connectivity index (χ3n) is 4.44. The maximum atomic E-state index is 13.8. The summed E-state index contributed by atoms with van der Waals surface area (Å²) in [6.45, 7) is 1.32. The van der Waals surface area contributed by atoms with E-state index >= 15 is 0 Å². The number of hydrogen-bond acceptors (Lipinski definition) is 3. The number of rotatable bonds is 5. The molecule has 0 amide bonds. The SMILES string of the molecule is Oc1cccc(CNCC2(c3cccs3)CCCC2)c1F. The molecule has 1 saturated carbocycles. The third kappa shape index (κ3) is 2.97. The van der Waals surface area contributed by atoms with Gasteiger partial charge in [0.1, 0.15) is 0 Å². The minimum atomic E-state index is -0.512. The summed E-state index contributed by atoms with van der Waals surface area (Å²) < 4.78 is 13.8. The average molecular weight is 305 g/mol. The fraction of sp³-hybridized carbons (Fsp3) is 0.412. The van der Waals surface area contributed by atoms with Crippen LogP contribution in [0.1, 0.15) is 36.1 Å². The molecule has 1 fully saturated rings. The van der Waals surface area contributed by atoms with Gasteiger partial charge in [-0.1, -0.05) is 31.0 Å². The molecule has 0 bridgehead atoms. The predicted molar refractivity (Wildman–Crippen MR) is 84.2 cm³/mol. The van der Waals surface area contributed by atoms with Crippen molar-refractivity contribution in [1.29, 1.82) is 0 Å². The van der Waals surface area contributed by atoms with Gasteiger partial charge in [0, 0.05) is 28.9 Å². The minimum absolute atomic E-state index is 0.210. The van der Waals surface area contributed by atoms with Crippen LogP contribution in [-0.2, 0) is 12.0 Å². The van der Waals surface area contributed by atoms with Crippen LogP contribution >= 0.6 is 11.3 Å². The van der Waals surface area contributed by atoms with Gasteiger partial charge in [-0.15, -0.1) is 11.3 Å². The van der Waals surface area contributed by atoms with Gasteiger partial charge in [-0.25, -0.2) is 4.39 Å². The molecule has 0 saturated heterocycles. The Morgan fingerprint density at radius 1 is 1.19 bits per heavy atom. The Labute approximate surface area is 128 Å². The van der Waals surface area contributed by atoms with Crippen molar-refractivity contribution in [3.8, 4) is 5.75 Å². The van der Waals surface area contributed by atoms with Crippen LogP contribution in [0.3, 0.4) is 0 Å². The molecule has 1 aliphatic rings. The lowest BCUT2D eigenvalue weighted by molar-refractivity contribution is 0.403. The lowest BCUT2D eigenvalue weighted by atomic mass is 9.84. The van der Waals surface area contributed by atoms with Gasteiger partial charge in [0.05, 0.1) is 0 Å². The summed E-state index contributed by atoms with van der Waals surface area (Å²) in [5.74, 6) is -0.787. The molecule has 21 heavy (non-hydrogen) atoms. The molecule has 2 N–H and O–H groups in total. The molecule has 0 aliphatic heterocycles. The van der Waals surface area contributed by atoms with E-state index in [0.29, 0.717) is 12.1 Å². The van der Waals surface area contributed by atoms with Crippen LogP contribution in [0.15, 0.2) is 35.7 Å². The molecule has 1 heterocycles. The number of hydrogen-bond donors (Lipinski definition) is 2. The summed E-state index contributed by atoms with van der Waals surface area (Å²) in [6.07, 6.45) is 4.92. The highest BCUT2D eigenvalue weighted by Gasteiger charge is 2.36. The molecule has 1 aliphatic carbocycles. The Hall–Kier alpha value is -1.39. The number of halogens is 1. The topological polar surface area (TPSA) is 32.3 Å². The predicted octanol–water partition coefficient (Wildman–Crippen LogP) is 4.19. The van der Waals surface area contributed by atoms with E-state index in [-0.39, 0.29) is 11.2 Å². The molecule has 0 spiro atoms. The molecule has 112 valence electrons. The van der Waals surface area contributed by atoms with E-state index in [2.05, 4.69) is 22.8 Å². The number of thiophene rings is 1. The normalized spacial score (nSPS) is 17.2. The fourth-order valence-electron chi connectivity index (χ4n) is 3.28. The number of phenols is 1. The van der Waals surface area contributed by atoms with Crippen LogP contribution in [0.4, 0.5) is 4.39 Å². The fourth-order valence-corrected chi connectivity index (χ4v) is 4.27. The molecule has 4 heteroatoms. The largest absolute Gasteiger partial charge is 0.505 e. The van der Waals surface area contributed by atoms with Crippen molar-refractivity contribution in [2.75, 3.05) is 6.54 Å². The van der Waals surface area contributed by atoms with E-state index in [1.54, 1.807) is 12.1 Å². The van der Waals surface area contributed by atoms with Crippen LogP contribution in [0.5, 0.6) is 5.75 Å². The van der Waals surface area contributed by atoms with E-state index < -0.39 is 5.82 Å². The standard InChI is InChI=1S/C17H20FNOS/c18-16-13(5-3-6-14(16)20)11-19-12-17(8-1-2-9-17)15-7-4-10-21-15/h3-7,10,19-20H,1-2,8-9,11-12H2. The second-order valence-corrected chi connectivity index (χ2v) is 6.77. The van der Waals surface area contributed by atoms with E-state index in [4.69, 9.17) is 0 Å². The van der Waals surface area contributed by atoms with Crippen LogP contribution in [0.2, 0.25) is 0 Å². The highest BCUT2D eigenvalue weighted by molar-refractivity contribution is 7.10. The van der Waals surface area contributed by atoms with Crippen molar-refractivity contribution in [2.24, 2.45) is 0 Å².